The predicted octanol–water partition coefficient (Wildman–Crippen LogP) is 4.28. The third kappa shape index (κ3) is 4.95. The highest BCUT2D eigenvalue weighted by atomic mass is 16.2. The average molecular weight is 324 g/mol. The van der Waals surface area contributed by atoms with Crippen LogP contribution in [0.1, 0.15) is 43.1 Å². The number of amides is 1. The van der Waals surface area contributed by atoms with Gasteiger partial charge in [-0.1, -0.05) is 25.5 Å². The first-order valence-electron chi connectivity index (χ1n) is 8.27. The van der Waals surface area contributed by atoms with Crippen molar-refractivity contribution in [1.29, 1.82) is 0 Å². The Morgan fingerprint density at radius 1 is 0.958 bits per heavy atom. The lowest BCUT2D eigenvalue weighted by atomic mass is 10.1. The van der Waals surface area contributed by atoms with Gasteiger partial charge in [-0.25, -0.2) is 0 Å². The third-order valence-corrected chi connectivity index (χ3v) is 3.83. The van der Waals surface area contributed by atoms with E-state index in [0.717, 1.165) is 18.5 Å². The van der Waals surface area contributed by atoms with E-state index in [0.29, 0.717) is 11.3 Å². The van der Waals surface area contributed by atoms with Crippen LogP contribution >= 0.6 is 0 Å². The zero-order chi connectivity index (χ0) is 17.5. The Morgan fingerprint density at radius 2 is 1.54 bits per heavy atom. The predicted molar refractivity (Wildman–Crippen MR) is 98.6 cm³/mol. The molecule has 0 bridgehead atoms. The number of rotatable bonds is 7. The molecule has 0 aliphatic heterocycles. The number of carbonyl (C=O) groups is 2. The maximum absolute atomic E-state index is 12.3. The van der Waals surface area contributed by atoms with E-state index in [-0.39, 0.29) is 17.7 Å². The fourth-order valence-corrected chi connectivity index (χ4v) is 2.41. The first kappa shape index (κ1) is 17.7. The maximum atomic E-state index is 12.3. The monoisotopic (exact) mass is 324 g/mol. The Labute approximate surface area is 143 Å². The van der Waals surface area contributed by atoms with Gasteiger partial charge in [0.1, 0.15) is 6.04 Å². The van der Waals surface area contributed by atoms with E-state index in [2.05, 4.69) is 29.7 Å². The van der Waals surface area contributed by atoms with E-state index < -0.39 is 0 Å². The summed E-state index contributed by atoms with van der Waals surface area (Å²) in [6.07, 6.45) is 2.18. The molecule has 0 fully saturated rings. The van der Waals surface area contributed by atoms with Gasteiger partial charge in [0, 0.05) is 16.9 Å². The molecule has 0 spiro atoms. The summed E-state index contributed by atoms with van der Waals surface area (Å²) in [6, 6.07) is 14.7. The van der Waals surface area contributed by atoms with Crippen molar-refractivity contribution < 1.29 is 9.59 Å². The SMILES string of the molecule is CCCc1ccc(N[C@@H](C)C(=O)Nc2ccc(C(C)=O)cc2)cc1. The summed E-state index contributed by atoms with van der Waals surface area (Å²) in [7, 11) is 0. The molecule has 0 unspecified atom stereocenters. The van der Waals surface area contributed by atoms with Gasteiger partial charge in [-0.3, -0.25) is 9.59 Å². The summed E-state index contributed by atoms with van der Waals surface area (Å²) in [6.45, 7) is 5.49. The Hall–Kier alpha value is -2.62. The second-order valence-corrected chi connectivity index (χ2v) is 5.94. The van der Waals surface area contributed by atoms with Crippen LogP contribution in [-0.4, -0.2) is 17.7 Å². The van der Waals surface area contributed by atoms with E-state index in [1.807, 2.05) is 19.1 Å². The quantitative estimate of drug-likeness (QED) is 0.747. The maximum Gasteiger partial charge on any atom is 0.246 e. The fourth-order valence-electron chi connectivity index (χ4n) is 2.41. The van der Waals surface area contributed by atoms with E-state index >= 15 is 0 Å². The van der Waals surface area contributed by atoms with Gasteiger partial charge >= 0.3 is 0 Å². The van der Waals surface area contributed by atoms with E-state index in [1.165, 1.54) is 12.5 Å². The lowest BCUT2D eigenvalue weighted by Gasteiger charge is -2.16. The highest BCUT2D eigenvalue weighted by molar-refractivity contribution is 5.97. The standard InChI is InChI=1S/C20H24N2O2/c1-4-5-16-6-10-18(11-7-16)21-14(2)20(24)22-19-12-8-17(9-13-19)15(3)23/h6-14,21H,4-5H2,1-3H3,(H,22,24)/t14-/m0/s1. The molecule has 0 aromatic heterocycles. The molecule has 1 amide bonds. The molecule has 0 aliphatic rings. The molecule has 2 rings (SSSR count). The van der Waals surface area contributed by atoms with Crippen molar-refractivity contribution in [3.05, 3.63) is 59.7 Å². The summed E-state index contributed by atoms with van der Waals surface area (Å²) in [5.41, 5.74) is 3.53. The molecule has 2 aromatic rings. The van der Waals surface area contributed by atoms with Crippen molar-refractivity contribution in [2.45, 2.75) is 39.7 Å². The van der Waals surface area contributed by atoms with Crippen LogP contribution in [0.2, 0.25) is 0 Å². The lowest BCUT2D eigenvalue weighted by Crippen LogP contribution is -2.31. The summed E-state index contributed by atoms with van der Waals surface area (Å²) < 4.78 is 0. The smallest absolute Gasteiger partial charge is 0.246 e. The largest absolute Gasteiger partial charge is 0.374 e. The summed E-state index contributed by atoms with van der Waals surface area (Å²) in [4.78, 5) is 23.5. The first-order chi connectivity index (χ1) is 11.5. The molecule has 4 nitrogen and oxygen atoms in total. The first-order valence-corrected chi connectivity index (χ1v) is 8.27. The molecular formula is C20H24N2O2. The molecular weight excluding hydrogens is 300 g/mol. The van der Waals surface area contributed by atoms with E-state index in [1.54, 1.807) is 24.3 Å². The molecule has 4 heteroatoms. The highest BCUT2D eigenvalue weighted by Gasteiger charge is 2.13. The molecule has 1 atom stereocenters. The van der Waals surface area contributed by atoms with Crippen LogP contribution in [0, 0.1) is 0 Å². The van der Waals surface area contributed by atoms with Crippen molar-refractivity contribution >= 4 is 23.1 Å². The molecule has 0 heterocycles. The van der Waals surface area contributed by atoms with Crippen LogP contribution < -0.4 is 10.6 Å². The lowest BCUT2D eigenvalue weighted by molar-refractivity contribution is -0.116. The Morgan fingerprint density at radius 3 is 2.08 bits per heavy atom. The second kappa shape index (κ2) is 8.29. The number of hydrogen-bond donors (Lipinski definition) is 2. The molecule has 2 aromatic carbocycles. The number of ketones is 1. The molecule has 2 N–H and O–H groups in total. The molecule has 0 saturated heterocycles. The Bertz CT molecular complexity index is 691. The van der Waals surface area contributed by atoms with Crippen LogP contribution in [-0.2, 0) is 11.2 Å². The van der Waals surface area contributed by atoms with Gasteiger partial charge < -0.3 is 10.6 Å². The average Bonchev–Trinajstić information content (AvgIpc) is 2.57. The van der Waals surface area contributed by atoms with Gasteiger partial charge in [-0.05, 0) is 62.2 Å². The van der Waals surface area contributed by atoms with Crippen LogP contribution in [0.15, 0.2) is 48.5 Å². The van der Waals surface area contributed by atoms with E-state index in [4.69, 9.17) is 0 Å². The Balaban J connectivity index is 1.92. The van der Waals surface area contributed by atoms with Gasteiger partial charge in [-0.2, -0.15) is 0 Å². The third-order valence-electron chi connectivity index (χ3n) is 3.83. The number of aryl methyl sites for hydroxylation is 1. The van der Waals surface area contributed by atoms with Crippen molar-refractivity contribution in [1.82, 2.24) is 0 Å². The number of Topliss-reactive ketones (excluding diaryl/α,β-unsaturated/α-hetero) is 1. The van der Waals surface area contributed by atoms with Crippen LogP contribution in [0.25, 0.3) is 0 Å². The van der Waals surface area contributed by atoms with E-state index in [9.17, 15) is 9.59 Å². The molecule has 0 aliphatic carbocycles. The number of carbonyl (C=O) groups excluding carboxylic acids is 2. The van der Waals surface area contributed by atoms with Crippen LogP contribution in [0.4, 0.5) is 11.4 Å². The Kier molecular flexibility index (Phi) is 6.13. The number of anilines is 2. The van der Waals surface area contributed by atoms with Gasteiger partial charge in [0.25, 0.3) is 0 Å². The summed E-state index contributed by atoms with van der Waals surface area (Å²) >= 11 is 0. The van der Waals surface area contributed by atoms with Gasteiger partial charge in [-0.15, -0.1) is 0 Å². The minimum atomic E-state index is -0.366. The van der Waals surface area contributed by atoms with Crippen molar-refractivity contribution in [2.75, 3.05) is 10.6 Å². The molecule has 24 heavy (non-hydrogen) atoms. The number of benzene rings is 2. The van der Waals surface area contributed by atoms with Gasteiger partial charge in [0.15, 0.2) is 5.78 Å². The highest BCUT2D eigenvalue weighted by Crippen LogP contribution is 2.14. The zero-order valence-electron chi connectivity index (χ0n) is 14.4. The number of hydrogen-bond acceptors (Lipinski definition) is 3. The summed E-state index contributed by atoms with van der Waals surface area (Å²) in [5, 5.41) is 6.04. The van der Waals surface area contributed by atoms with Gasteiger partial charge in [0.05, 0.1) is 0 Å². The number of nitrogens with one attached hydrogen (secondary N) is 2. The molecule has 0 saturated carbocycles. The zero-order valence-corrected chi connectivity index (χ0v) is 14.4. The normalized spacial score (nSPS) is 11.6. The fraction of sp³-hybridized carbons (Fsp3) is 0.300. The van der Waals surface area contributed by atoms with Crippen LogP contribution in [0.3, 0.4) is 0 Å². The second-order valence-electron chi connectivity index (χ2n) is 5.94. The van der Waals surface area contributed by atoms with Crippen molar-refractivity contribution in [3.8, 4) is 0 Å². The van der Waals surface area contributed by atoms with Crippen molar-refractivity contribution in [2.24, 2.45) is 0 Å². The van der Waals surface area contributed by atoms with Crippen molar-refractivity contribution in [3.63, 3.8) is 0 Å². The minimum absolute atomic E-state index is 0.00873. The van der Waals surface area contributed by atoms with Crippen LogP contribution in [0.5, 0.6) is 0 Å². The van der Waals surface area contributed by atoms with Gasteiger partial charge in [0.2, 0.25) is 5.91 Å². The minimum Gasteiger partial charge on any atom is -0.374 e. The topological polar surface area (TPSA) is 58.2 Å². The summed E-state index contributed by atoms with van der Waals surface area (Å²) in [5.74, 6) is -0.113. The molecule has 126 valence electrons. The molecule has 0 radical (unpaired) electrons.